The first-order valence-electron chi connectivity index (χ1n) is 7.25. The van der Waals surface area contributed by atoms with Crippen LogP contribution in [0.1, 0.15) is 47.0 Å². The highest BCUT2D eigenvalue weighted by molar-refractivity contribution is 5.87. The molecule has 0 fully saturated rings. The van der Waals surface area contributed by atoms with Gasteiger partial charge in [-0.1, -0.05) is 25.5 Å². The SMILES string of the molecule is CC(=O)C=CC1=C(C)CCCC1(C)C.COC(OC)OC. The lowest BCUT2D eigenvalue weighted by molar-refractivity contribution is -0.252. The quantitative estimate of drug-likeness (QED) is 0.571. The zero-order chi connectivity index (χ0) is 16.5. The second-order valence-corrected chi connectivity index (χ2v) is 5.87. The van der Waals surface area contributed by atoms with Gasteiger partial charge in [0, 0.05) is 21.3 Å². The van der Waals surface area contributed by atoms with Gasteiger partial charge in [-0.3, -0.25) is 4.79 Å². The van der Waals surface area contributed by atoms with Gasteiger partial charge in [0.1, 0.15) is 0 Å². The summed E-state index contributed by atoms with van der Waals surface area (Å²) in [5, 5.41) is 0. The Hall–Kier alpha value is -0.970. The van der Waals surface area contributed by atoms with Crippen LogP contribution in [0.4, 0.5) is 0 Å². The molecule has 1 aliphatic carbocycles. The molecular formula is C17H30O4. The number of hydrogen-bond donors (Lipinski definition) is 0. The Morgan fingerprint density at radius 3 is 2.05 bits per heavy atom. The largest absolute Gasteiger partial charge is 0.333 e. The first-order valence-corrected chi connectivity index (χ1v) is 7.25. The summed E-state index contributed by atoms with van der Waals surface area (Å²) in [6.45, 7) is 7.79. The molecule has 1 aliphatic rings. The third kappa shape index (κ3) is 7.55. The summed E-state index contributed by atoms with van der Waals surface area (Å²) in [5.41, 5.74) is 3.05. The van der Waals surface area contributed by atoms with Gasteiger partial charge in [-0.25, -0.2) is 0 Å². The summed E-state index contributed by atoms with van der Waals surface area (Å²) in [6, 6.07) is 0. The van der Waals surface area contributed by atoms with Crippen molar-refractivity contribution in [2.45, 2.75) is 53.4 Å². The van der Waals surface area contributed by atoms with Crippen LogP contribution in [-0.2, 0) is 19.0 Å². The van der Waals surface area contributed by atoms with Gasteiger partial charge < -0.3 is 14.2 Å². The minimum absolute atomic E-state index is 0.131. The third-order valence-electron chi connectivity index (χ3n) is 3.60. The molecule has 0 saturated heterocycles. The maximum Gasteiger partial charge on any atom is 0.270 e. The van der Waals surface area contributed by atoms with Gasteiger partial charge in [-0.05, 0) is 50.2 Å². The van der Waals surface area contributed by atoms with Crippen molar-refractivity contribution in [1.29, 1.82) is 0 Å². The Bertz CT molecular complexity index is 371. The number of carbonyl (C=O) groups excluding carboxylic acids is 1. The number of rotatable bonds is 5. The van der Waals surface area contributed by atoms with Crippen LogP contribution in [0.2, 0.25) is 0 Å². The van der Waals surface area contributed by atoms with Crippen LogP contribution in [0.15, 0.2) is 23.3 Å². The van der Waals surface area contributed by atoms with Crippen LogP contribution >= 0.6 is 0 Å². The molecule has 0 atom stereocenters. The molecule has 0 heterocycles. The van der Waals surface area contributed by atoms with E-state index in [4.69, 9.17) is 0 Å². The lowest BCUT2D eigenvalue weighted by Gasteiger charge is -2.32. The molecule has 0 unspecified atom stereocenters. The maximum atomic E-state index is 10.9. The lowest BCUT2D eigenvalue weighted by Crippen LogP contribution is -2.19. The highest BCUT2D eigenvalue weighted by Gasteiger charge is 2.26. The van der Waals surface area contributed by atoms with E-state index in [2.05, 4.69) is 35.0 Å². The van der Waals surface area contributed by atoms with Crippen molar-refractivity contribution in [1.82, 2.24) is 0 Å². The summed E-state index contributed by atoms with van der Waals surface area (Å²) in [7, 11) is 4.53. The predicted molar refractivity (Wildman–Crippen MR) is 85.0 cm³/mol. The number of allylic oxidation sites excluding steroid dienone is 4. The number of methoxy groups -OCH3 is 3. The van der Waals surface area contributed by atoms with E-state index in [1.54, 1.807) is 13.0 Å². The van der Waals surface area contributed by atoms with Crippen LogP contribution < -0.4 is 0 Å². The van der Waals surface area contributed by atoms with E-state index >= 15 is 0 Å². The van der Waals surface area contributed by atoms with E-state index in [9.17, 15) is 4.79 Å². The molecular weight excluding hydrogens is 268 g/mol. The van der Waals surface area contributed by atoms with E-state index in [1.165, 1.54) is 51.7 Å². The van der Waals surface area contributed by atoms with Gasteiger partial charge in [0.25, 0.3) is 6.48 Å². The van der Waals surface area contributed by atoms with Gasteiger partial charge in [-0.2, -0.15) is 0 Å². The van der Waals surface area contributed by atoms with Crippen LogP contribution in [0, 0.1) is 5.41 Å². The van der Waals surface area contributed by atoms with Gasteiger partial charge in [0.05, 0.1) is 0 Å². The zero-order valence-corrected chi connectivity index (χ0v) is 14.5. The van der Waals surface area contributed by atoms with Crippen LogP contribution in [-0.4, -0.2) is 33.6 Å². The Kier molecular flexibility index (Phi) is 9.42. The van der Waals surface area contributed by atoms with Crippen molar-refractivity contribution < 1.29 is 19.0 Å². The molecule has 21 heavy (non-hydrogen) atoms. The highest BCUT2D eigenvalue weighted by Crippen LogP contribution is 2.40. The summed E-state index contributed by atoms with van der Waals surface area (Å²) >= 11 is 0. The minimum Gasteiger partial charge on any atom is -0.333 e. The Labute approximate surface area is 129 Å². The van der Waals surface area contributed by atoms with Crippen molar-refractivity contribution in [3.8, 4) is 0 Å². The first kappa shape index (κ1) is 20.0. The normalized spacial score (nSPS) is 17.9. The molecule has 0 aromatic rings. The van der Waals surface area contributed by atoms with Crippen LogP contribution in [0.3, 0.4) is 0 Å². The van der Waals surface area contributed by atoms with E-state index < -0.39 is 6.48 Å². The number of hydrogen-bond acceptors (Lipinski definition) is 4. The minimum atomic E-state index is -0.514. The summed E-state index contributed by atoms with van der Waals surface area (Å²) in [6.07, 6.45) is 7.38. The van der Waals surface area contributed by atoms with E-state index in [0.29, 0.717) is 0 Å². The molecule has 0 aromatic heterocycles. The second kappa shape index (κ2) is 9.87. The fraction of sp³-hybridized carbons (Fsp3) is 0.706. The van der Waals surface area contributed by atoms with Crippen LogP contribution in [0.25, 0.3) is 0 Å². The molecule has 0 aromatic carbocycles. The van der Waals surface area contributed by atoms with Crippen molar-refractivity contribution in [3.05, 3.63) is 23.3 Å². The fourth-order valence-electron chi connectivity index (χ4n) is 2.50. The summed E-state index contributed by atoms with van der Waals surface area (Å²) < 4.78 is 13.8. The van der Waals surface area contributed by atoms with Gasteiger partial charge >= 0.3 is 0 Å². The Balaban J connectivity index is 0.000000486. The van der Waals surface area contributed by atoms with Crippen molar-refractivity contribution >= 4 is 5.78 Å². The smallest absolute Gasteiger partial charge is 0.270 e. The molecule has 4 heteroatoms. The Morgan fingerprint density at radius 1 is 1.19 bits per heavy atom. The monoisotopic (exact) mass is 298 g/mol. The molecule has 0 saturated carbocycles. The van der Waals surface area contributed by atoms with Crippen molar-refractivity contribution in [3.63, 3.8) is 0 Å². The molecule has 0 bridgehead atoms. The molecule has 0 amide bonds. The summed E-state index contributed by atoms with van der Waals surface area (Å²) in [4.78, 5) is 10.9. The molecule has 0 spiro atoms. The fourth-order valence-corrected chi connectivity index (χ4v) is 2.50. The highest BCUT2D eigenvalue weighted by atomic mass is 16.8. The maximum absolute atomic E-state index is 10.9. The standard InChI is InChI=1S/C13H20O.C4H10O3/c1-10-6-5-9-13(3,4)12(10)8-7-11(2)14;1-5-4(6-2)7-3/h7-8H,5-6,9H2,1-4H3;4H,1-3H3. The first-order chi connectivity index (χ1) is 9.78. The zero-order valence-electron chi connectivity index (χ0n) is 14.5. The molecule has 4 nitrogen and oxygen atoms in total. The topological polar surface area (TPSA) is 44.8 Å². The number of ketones is 1. The average Bonchev–Trinajstić information content (AvgIpc) is 2.40. The predicted octanol–water partition coefficient (Wildman–Crippen LogP) is 3.87. The number of ether oxygens (including phenoxy) is 3. The van der Waals surface area contributed by atoms with E-state index in [1.807, 2.05) is 6.08 Å². The van der Waals surface area contributed by atoms with Crippen LogP contribution in [0.5, 0.6) is 0 Å². The van der Waals surface area contributed by atoms with E-state index in [0.717, 1.165) is 0 Å². The summed E-state index contributed by atoms with van der Waals surface area (Å²) in [5.74, 6) is 0.131. The molecule has 1 rings (SSSR count). The molecule has 0 N–H and O–H groups in total. The van der Waals surface area contributed by atoms with Gasteiger partial charge in [0.15, 0.2) is 5.78 Å². The van der Waals surface area contributed by atoms with Crippen molar-refractivity contribution in [2.24, 2.45) is 5.41 Å². The van der Waals surface area contributed by atoms with Gasteiger partial charge in [-0.15, -0.1) is 0 Å². The van der Waals surface area contributed by atoms with Gasteiger partial charge in [0.2, 0.25) is 0 Å². The number of carbonyl (C=O) groups is 1. The average molecular weight is 298 g/mol. The second-order valence-electron chi connectivity index (χ2n) is 5.87. The molecule has 122 valence electrons. The third-order valence-corrected chi connectivity index (χ3v) is 3.60. The molecule has 0 aliphatic heterocycles. The molecule has 0 radical (unpaired) electrons. The van der Waals surface area contributed by atoms with E-state index in [-0.39, 0.29) is 11.2 Å². The van der Waals surface area contributed by atoms with Crippen molar-refractivity contribution in [2.75, 3.05) is 21.3 Å². The lowest BCUT2D eigenvalue weighted by atomic mass is 9.72. The Morgan fingerprint density at radius 2 is 1.71 bits per heavy atom.